The molecule has 0 bridgehead atoms. The minimum atomic E-state index is 0.838. The highest BCUT2D eigenvalue weighted by atomic mass is 32.1. The third-order valence-electron chi connectivity index (χ3n) is 2.15. The Kier molecular flexibility index (Phi) is 3.13. The van der Waals surface area contributed by atoms with Gasteiger partial charge in [0.15, 0.2) is 0 Å². The second kappa shape index (κ2) is 4.55. The molecule has 2 aromatic rings. The third kappa shape index (κ3) is 2.24. The summed E-state index contributed by atoms with van der Waals surface area (Å²) in [5.74, 6) is 0. The van der Waals surface area contributed by atoms with Gasteiger partial charge in [-0.05, 0) is 12.6 Å². The van der Waals surface area contributed by atoms with Crippen LogP contribution in [0.3, 0.4) is 0 Å². The molecule has 80 valence electrons. The number of rotatable bonds is 4. The molecule has 2 aromatic heterocycles. The van der Waals surface area contributed by atoms with Crippen LogP contribution in [0.2, 0.25) is 0 Å². The normalized spacial score (nSPS) is 10.8. The molecule has 0 atom stereocenters. The lowest BCUT2D eigenvalue weighted by molar-refractivity contribution is 0.714. The SMILES string of the molecule is CCNCc1csc(-c2ccnn2C)n1. The van der Waals surface area contributed by atoms with Gasteiger partial charge in [-0.2, -0.15) is 5.10 Å². The molecule has 0 amide bonds. The molecule has 5 heteroatoms. The van der Waals surface area contributed by atoms with Crippen LogP contribution < -0.4 is 5.32 Å². The summed E-state index contributed by atoms with van der Waals surface area (Å²) < 4.78 is 1.84. The monoisotopic (exact) mass is 222 g/mol. The maximum absolute atomic E-state index is 4.55. The van der Waals surface area contributed by atoms with Gasteiger partial charge in [-0.3, -0.25) is 4.68 Å². The zero-order chi connectivity index (χ0) is 10.7. The van der Waals surface area contributed by atoms with Gasteiger partial charge < -0.3 is 5.32 Å². The molecule has 0 fully saturated rings. The third-order valence-corrected chi connectivity index (χ3v) is 3.06. The summed E-state index contributed by atoms with van der Waals surface area (Å²) in [6.45, 7) is 3.90. The Labute approximate surface area is 93.0 Å². The van der Waals surface area contributed by atoms with E-state index >= 15 is 0 Å². The lowest BCUT2D eigenvalue weighted by Crippen LogP contribution is -2.11. The van der Waals surface area contributed by atoms with E-state index in [1.165, 1.54) is 0 Å². The number of nitrogens with zero attached hydrogens (tertiary/aromatic N) is 3. The lowest BCUT2D eigenvalue weighted by Gasteiger charge is -1.97. The molecule has 4 nitrogen and oxygen atoms in total. The molecule has 15 heavy (non-hydrogen) atoms. The predicted octanol–water partition coefficient (Wildman–Crippen LogP) is 1.65. The maximum Gasteiger partial charge on any atom is 0.141 e. The Morgan fingerprint density at radius 3 is 3.07 bits per heavy atom. The fraction of sp³-hybridized carbons (Fsp3) is 0.400. The van der Waals surface area contributed by atoms with E-state index in [1.54, 1.807) is 17.5 Å². The average molecular weight is 222 g/mol. The Morgan fingerprint density at radius 1 is 1.53 bits per heavy atom. The van der Waals surface area contributed by atoms with Gasteiger partial charge in [0.25, 0.3) is 0 Å². The topological polar surface area (TPSA) is 42.7 Å². The first-order valence-corrected chi connectivity index (χ1v) is 5.82. The van der Waals surface area contributed by atoms with E-state index in [1.807, 2.05) is 17.8 Å². The van der Waals surface area contributed by atoms with Crippen LogP contribution in [0.15, 0.2) is 17.6 Å². The Bertz CT molecular complexity index is 432. The highest BCUT2D eigenvalue weighted by molar-refractivity contribution is 7.13. The van der Waals surface area contributed by atoms with Crippen LogP contribution >= 0.6 is 11.3 Å². The van der Waals surface area contributed by atoms with Gasteiger partial charge in [0.2, 0.25) is 0 Å². The second-order valence-corrected chi connectivity index (χ2v) is 4.12. The van der Waals surface area contributed by atoms with Crippen molar-refractivity contribution in [1.29, 1.82) is 0 Å². The molecule has 0 spiro atoms. The van der Waals surface area contributed by atoms with Crippen LogP contribution in [0.25, 0.3) is 10.7 Å². The first-order valence-electron chi connectivity index (χ1n) is 4.94. The molecule has 0 radical (unpaired) electrons. The average Bonchev–Trinajstić information content (AvgIpc) is 2.83. The van der Waals surface area contributed by atoms with Gasteiger partial charge in [-0.25, -0.2) is 4.98 Å². The van der Waals surface area contributed by atoms with Crippen LogP contribution in [-0.2, 0) is 13.6 Å². The van der Waals surface area contributed by atoms with Crippen molar-refractivity contribution in [1.82, 2.24) is 20.1 Å². The number of thiazole rings is 1. The van der Waals surface area contributed by atoms with E-state index in [0.29, 0.717) is 0 Å². The molecule has 0 aliphatic rings. The van der Waals surface area contributed by atoms with E-state index < -0.39 is 0 Å². The highest BCUT2D eigenvalue weighted by Crippen LogP contribution is 2.22. The molecular formula is C10H14N4S. The second-order valence-electron chi connectivity index (χ2n) is 3.26. The van der Waals surface area contributed by atoms with Gasteiger partial charge in [0, 0.05) is 25.2 Å². The summed E-state index contributed by atoms with van der Waals surface area (Å²) >= 11 is 1.66. The molecule has 0 unspecified atom stereocenters. The Hall–Kier alpha value is -1.20. The van der Waals surface area contributed by atoms with Crippen molar-refractivity contribution in [2.45, 2.75) is 13.5 Å². The number of aromatic nitrogens is 3. The molecule has 0 aliphatic heterocycles. The van der Waals surface area contributed by atoms with E-state index in [2.05, 4.69) is 27.7 Å². The van der Waals surface area contributed by atoms with Crippen molar-refractivity contribution in [2.75, 3.05) is 6.54 Å². The van der Waals surface area contributed by atoms with Crippen LogP contribution in [-0.4, -0.2) is 21.3 Å². The number of nitrogens with one attached hydrogen (secondary N) is 1. The minimum absolute atomic E-state index is 0.838. The van der Waals surface area contributed by atoms with Crippen LogP contribution in [0.5, 0.6) is 0 Å². The van der Waals surface area contributed by atoms with Gasteiger partial charge in [0.05, 0.1) is 11.4 Å². The van der Waals surface area contributed by atoms with Crippen molar-refractivity contribution in [3.05, 3.63) is 23.3 Å². The van der Waals surface area contributed by atoms with Gasteiger partial charge >= 0.3 is 0 Å². The number of aryl methyl sites for hydroxylation is 1. The summed E-state index contributed by atoms with van der Waals surface area (Å²) in [6, 6.07) is 1.98. The van der Waals surface area contributed by atoms with Crippen LogP contribution in [0.4, 0.5) is 0 Å². The van der Waals surface area contributed by atoms with Crippen molar-refractivity contribution in [3.63, 3.8) is 0 Å². The summed E-state index contributed by atoms with van der Waals surface area (Å²) in [4.78, 5) is 4.55. The lowest BCUT2D eigenvalue weighted by atomic mass is 10.4. The molecule has 2 heterocycles. The Balaban J connectivity index is 2.17. The largest absolute Gasteiger partial charge is 0.311 e. The zero-order valence-electron chi connectivity index (χ0n) is 8.90. The van der Waals surface area contributed by atoms with Crippen molar-refractivity contribution >= 4 is 11.3 Å². The Morgan fingerprint density at radius 2 is 2.40 bits per heavy atom. The molecule has 0 aliphatic carbocycles. The fourth-order valence-corrected chi connectivity index (χ4v) is 2.22. The molecule has 0 saturated carbocycles. The van der Waals surface area contributed by atoms with Gasteiger partial charge in [-0.1, -0.05) is 6.92 Å². The number of hydrogen-bond donors (Lipinski definition) is 1. The summed E-state index contributed by atoms with van der Waals surface area (Å²) in [7, 11) is 1.93. The predicted molar refractivity (Wildman–Crippen MR) is 61.7 cm³/mol. The summed E-state index contributed by atoms with van der Waals surface area (Å²) in [5, 5.41) is 10.5. The summed E-state index contributed by atoms with van der Waals surface area (Å²) in [6.07, 6.45) is 1.79. The fourth-order valence-electron chi connectivity index (χ4n) is 1.34. The van der Waals surface area contributed by atoms with Crippen molar-refractivity contribution in [2.24, 2.45) is 7.05 Å². The quantitative estimate of drug-likeness (QED) is 0.855. The van der Waals surface area contributed by atoms with Crippen LogP contribution in [0.1, 0.15) is 12.6 Å². The minimum Gasteiger partial charge on any atom is -0.311 e. The van der Waals surface area contributed by atoms with Crippen molar-refractivity contribution < 1.29 is 0 Å². The number of hydrogen-bond acceptors (Lipinski definition) is 4. The van der Waals surface area contributed by atoms with E-state index in [0.717, 1.165) is 29.5 Å². The smallest absolute Gasteiger partial charge is 0.141 e. The molecular weight excluding hydrogens is 208 g/mol. The van der Waals surface area contributed by atoms with Gasteiger partial charge in [0.1, 0.15) is 5.01 Å². The molecule has 0 saturated heterocycles. The standard InChI is InChI=1S/C10H14N4S/c1-3-11-6-8-7-15-10(13-8)9-4-5-12-14(9)2/h4-5,7,11H,3,6H2,1-2H3. The first-order chi connectivity index (χ1) is 7.31. The highest BCUT2D eigenvalue weighted by Gasteiger charge is 2.07. The van der Waals surface area contributed by atoms with E-state index in [-0.39, 0.29) is 0 Å². The molecule has 2 rings (SSSR count). The molecule has 0 aromatic carbocycles. The van der Waals surface area contributed by atoms with E-state index in [9.17, 15) is 0 Å². The van der Waals surface area contributed by atoms with Crippen LogP contribution in [0, 0.1) is 0 Å². The molecule has 1 N–H and O–H groups in total. The first kappa shape index (κ1) is 10.3. The van der Waals surface area contributed by atoms with E-state index in [4.69, 9.17) is 0 Å². The van der Waals surface area contributed by atoms with Crippen molar-refractivity contribution in [3.8, 4) is 10.7 Å². The zero-order valence-corrected chi connectivity index (χ0v) is 9.71. The summed E-state index contributed by atoms with van der Waals surface area (Å²) in [5.41, 5.74) is 2.17. The van der Waals surface area contributed by atoms with Gasteiger partial charge in [-0.15, -0.1) is 11.3 Å². The maximum atomic E-state index is 4.55.